The average molecular weight is 277 g/mol. The first-order chi connectivity index (χ1) is 9.52. The van der Waals surface area contributed by atoms with Crippen LogP contribution in [0.2, 0.25) is 0 Å². The third-order valence-electron chi connectivity index (χ3n) is 4.04. The Kier molecular flexibility index (Phi) is 4.94. The molecule has 2 heterocycles. The number of hydrogen-bond donors (Lipinski definition) is 1. The van der Waals surface area contributed by atoms with Crippen LogP contribution < -0.4 is 10.6 Å². The molecule has 0 spiro atoms. The highest BCUT2D eigenvalue weighted by atomic mass is 15.2. The van der Waals surface area contributed by atoms with Crippen molar-refractivity contribution in [2.24, 2.45) is 5.73 Å². The Labute approximate surface area is 122 Å². The molecule has 2 rings (SSSR count). The maximum Gasteiger partial charge on any atom is 0.131 e. The third-order valence-corrected chi connectivity index (χ3v) is 4.04. The molecule has 1 fully saturated rings. The van der Waals surface area contributed by atoms with Crippen LogP contribution in [0, 0.1) is 0 Å². The molecule has 1 atom stereocenters. The molecule has 1 aliphatic heterocycles. The standard InChI is InChI=1S/C15H27N5/c1-11(2)15-17-9-14(13(8-16)18-15)20-7-5-6-12(10-20)19(3)4/h9,11-12H,5-8,10,16H2,1-4H3. The van der Waals surface area contributed by atoms with Gasteiger partial charge in [-0.15, -0.1) is 0 Å². The van der Waals surface area contributed by atoms with Crippen molar-refractivity contribution in [1.29, 1.82) is 0 Å². The van der Waals surface area contributed by atoms with Crippen molar-refractivity contribution < 1.29 is 0 Å². The smallest absolute Gasteiger partial charge is 0.131 e. The van der Waals surface area contributed by atoms with Gasteiger partial charge in [0.15, 0.2) is 0 Å². The maximum absolute atomic E-state index is 5.89. The molecule has 0 amide bonds. The molecular formula is C15H27N5. The van der Waals surface area contributed by atoms with Crippen molar-refractivity contribution in [2.75, 3.05) is 32.1 Å². The molecule has 0 saturated carbocycles. The minimum atomic E-state index is 0.338. The fourth-order valence-electron chi connectivity index (χ4n) is 2.71. The fourth-order valence-corrected chi connectivity index (χ4v) is 2.71. The van der Waals surface area contributed by atoms with Crippen LogP contribution in [0.15, 0.2) is 6.20 Å². The van der Waals surface area contributed by atoms with Gasteiger partial charge in [-0.2, -0.15) is 0 Å². The van der Waals surface area contributed by atoms with Crippen LogP contribution in [0.25, 0.3) is 0 Å². The normalized spacial score (nSPS) is 19.9. The zero-order chi connectivity index (χ0) is 14.7. The molecule has 0 bridgehead atoms. The predicted molar refractivity (Wildman–Crippen MR) is 82.9 cm³/mol. The lowest BCUT2D eigenvalue weighted by Crippen LogP contribution is -2.45. The summed E-state index contributed by atoms with van der Waals surface area (Å²) < 4.78 is 0. The second kappa shape index (κ2) is 6.50. The van der Waals surface area contributed by atoms with E-state index in [1.807, 2.05) is 6.20 Å². The van der Waals surface area contributed by atoms with Gasteiger partial charge in [0, 0.05) is 31.6 Å². The van der Waals surface area contributed by atoms with Crippen LogP contribution in [0.3, 0.4) is 0 Å². The van der Waals surface area contributed by atoms with E-state index in [-0.39, 0.29) is 0 Å². The summed E-state index contributed by atoms with van der Waals surface area (Å²) in [5.41, 5.74) is 7.98. The van der Waals surface area contributed by atoms with Gasteiger partial charge in [0.2, 0.25) is 0 Å². The van der Waals surface area contributed by atoms with Crippen molar-refractivity contribution in [3.63, 3.8) is 0 Å². The van der Waals surface area contributed by atoms with E-state index in [0.29, 0.717) is 18.5 Å². The quantitative estimate of drug-likeness (QED) is 0.905. The number of hydrogen-bond acceptors (Lipinski definition) is 5. The minimum absolute atomic E-state index is 0.338. The van der Waals surface area contributed by atoms with E-state index < -0.39 is 0 Å². The number of anilines is 1. The van der Waals surface area contributed by atoms with E-state index >= 15 is 0 Å². The second-order valence-electron chi connectivity index (χ2n) is 6.12. The van der Waals surface area contributed by atoms with Crippen LogP contribution in [0.4, 0.5) is 5.69 Å². The number of aromatic nitrogens is 2. The van der Waals surface area contributed by atoms with E-state index in [1.54, 1.807) is 0 Å². The molecule has 1 unspecified atom stereocenters. The topological polar surface area (TPSA) is 58.3 Å². The Morgan fingerprint density at radius 3 is 2.80 bits per heavy atom. The first kappa shape index (κ1) is 15.2. The molecule has 2 N–H and O–H groups in total. The number of likely N-dealkylation sites (N-methyl/N-ethyl adjacent to an activating group) is 1. The molecule has 1 aromatic rings. The molecule has 0 aromatic carbocycles. The predicted octanol–water partition coefficient (Wildman–Crippen LogP) is 1.59. The highest BCUT2D eigenvalue weighted by molar-refractivity contribution is 5.49. The van der Waals surface area contributed by atoms with Gasteiger partial charge in [-0.3, -0.25) is 0 Å². The van der Waals surface area contributed by atoms with Crippen LogP contribution in [0.5, 0.6) is 0 Å². The first-order valence-corrected chi connectivity index (χ1v) is 7.50. The Morgan fingerprint density at radius 2 is 2.20 bits per heavy atom. The van der Waals surface area contributed by atoms with E-state index in [0.717, 1.165) is 30.3 Å². The summed E-state index contributed by atoms with van der Waals surface area (Å²) >= 11 is 0. The highest BCUT2D eigenvalue weighted by Crippen LogP contribution is 2.24. The molecule has 0 radical (unpaired) electrons. The van der Waals surface area contributed by atoms with Crippen molar-refractivity contribution in [3.8, 4) is 0 Å². The van der Waals surface area contributed by atoms with Crippen molar-refractivity contribution in [2.45, 2.75) is 45.2 Å². The summed E-state index contributed by atoms with van der Waals surface area (Å²) in [7, 11) is 4.30. The lowest BCUT2D eigenvalue weighted by atomic mass is 10.0. The molecule has 112 valence electrons. The van der Waals surface area contributed by atoms with Gasteiger partial charge in [0.05, 0.1) is 17.6 Å². The van der Waals surface area contributed by atoms with Gasteiger partial charge in [-0.05, 0) is 26.9 Å². The summed E-state index contributed by atoms with van der Waals surface area (Å²) in [5, 5.41) is 0. The Bertz CT molecular complexity index is 444. The SMILES string of the molecule is CC(C)c1ncc(N2CCCC(N(C)C)C2)c(CN)n1. The average Bonchev–Trinajstić information content (AvgIpc) is 2.46. The van der Waals surface area contributed by atoms with Crippen LogP contribution in [0.1, 0.15) is 44.1 Å². The molecule has 1 saturated heterocycles. The van der Waals surface area contributed by atoms with Gasteiger partial charge in [-0.1, -0.05) is 13.8 Å². The second-order valence-corrected chi connectivity index (χ2v) is 6.12. The number of piperidine rings is 1. The summed E-state index contributed by atoms with van der Waals surface area (Å²) in [6, 6.07) is 0.596. The van der Waals surface area contributed by atoms with E-state index in [4.69, 9.17) is 5.73 Å². The van der Waals surface area contributed by atoms with E-state index in [1.165, 1.54) is 12.8 Å². The zero-order valence-electron chi connectivity index (χ0n) is 13.1. The van der Waals surface area contributed by atoms with E-state index in [2.05, 4.69) is 47.7 Å². The van der Waals surface area contributed by atoms with Gasteiger partial charge in [-0.25, -0.2) is 9.97 Å². The maximum atomic E-state index is 5.89. The zero-order valence-corrected chi connectivity index (χ0v) is 13.1. The molecule has 5 nitrogen and oxygen atoms in total. The van der Waals surface area contributed by atoms with E-state index in [9.17, 15) is 0 Å². The monoisotopic (exact) mass is 277 g/mol. The summed E-state index contributed by atoms with van der Waals surface area (Å²) in [4.78, 5) is 13.8. The Hall–Kier alpha value is -1.20. The summed E-state index contributed by atoms with van der Waals surface area (Å²) in [5.74, 6) is 1.22. The van der Waals surface area contributed by atoms with Gasteiger partial charge in [0.1, 0.15) is 5.82 Å². The van der Waals surface area contributed by atoms with Gasteiger partial charge < -0.3 is 15.5 Å². The number of nitrogens with zero attached hydrogens (tertiary/aromatic N) is 4. The third kappa shape index (κ3) is 3.27. The lowest BCUT2D eigenvalue weighted by Gasteiger charge is -2.37. The first-order valence-electron chi connectivity index (χ1n) is 7.50. The van der Waals surface area contributed by atoms with Crippen molar-refractivity contribution in [1.82, 2.24) is 14.9 Å². The Morgan fingerprint density at radius 1 is 1.45 bits per heavy atom. The minimum Gasteiger partial charge on any atom is -0.367 e. The van der Waals surface area contributed by atoms with Gasteiger partial charge >= 0.3 is 0 Å². The van der Waals surface area contributed by atoms with Crippen LogP contribution >= 0.6 is 0 Å². The van der Waals surface area contributed by atoms with Gasteiger partial charge in [0.25, 0.3) is 0 Å². The van der Waals surface area contributed by atoms with Crippen molar-refractivity contribution in [3.05, 3.63) is 17.7 Å². The summed E-state index contributed by atoms with van der Waals surface area (Å²) in [6.07, 6.45) is 4.42. The molecular weight excluding hydrogens is 250 g/mol. The molecule has 5 heteroatoms. The lowest BCUT2D eigenvalue weighted by molar-refractivity contribution is 0.258. The largest absolute Gasteiger partial charge is 0.367 e. The number of nitrogens with two attached hydrogens (primary N) is 1. The summed E-state index contributed by atoms with van der Waals surface area (Å²) in [6.45, 7) is 6.79. The van der Waals surface area contributed by atoms with Crippen LogP contribution in [-0.2, 0) is 6.54 Å². The fraction of sp³-hybridized carbons (Fsp3) is 0.733. The van der Waals surface area contributed by atoms with Crippen molar-refractivity contribution >= 4 is 5.69 Å². The molecule has 1 aromatic heterocycles. The number of rotatable bonds is 4. The highest BCUT2D eigenvalue weighted by Gasteiger charge is 2.23. The molecule has 1 aliphatic rings. The molecule has 0 aliphatic carbocycles. The van der Waals surface area contributed by atoms with Crippen LogP contribution in [-0.4, -0.2) is 48.1 Å². The Balaban J connectivity index is 2.23. The molecule has 20 heavy (non-hydrogen) atoms.